The molecule has 0 aliphatic heterocycles. The molecular formula is C30H26ClF4N3O. The molecule has 0 spiro atoms. The summed E-state index contributed by atoms with van der Waals surface area (Å²) in [4.78, 5) is 4.57. The van der Waals surface area contributed by atoms with E-state index in [4.69, 9.17) is 16.3 Å². The van der Waals surface area contributed by atoms with Crippen molar-refractivity contribution in [2.24, 2.45) is 5.92 Å². The number of rotatable bonds is 6. The summed E-state index contributed by atoms with van der Waals surface area (Å²) >= 11 is 6.07. The number of nitrogens with zero attached hydrogens (tertiary/aromatic N) is 3. The second-order valence-electron chi connectivity index (χ2n) is 10.2. The molecule has 4 aromatic rings. The minimum absolute atomic E-state index is 0.0511. The van der Waals surface area contributed by atoms with Crippen LogP contribution in [0.5, 0.6) is 5.75 Å². The summed E-state index contributed by atoms with van der Waals surface area (Å²) in [7, 11) is 0. The highest BCUT2D eigenvalue weighted by molar-refractivity contribution is 6.30. The molecule has 1 fully saturated rings. The Labute approximate surface area is 228 Å². The van der Waals surface area contributed by atoms with E-state index in [0.29, 0.717) is 51.6 Å². The van der Waals surface area contributed by atoms with Gasteiger partial charge < -0.3 is 9.30 Å². The Morgan fingerprint density at radius 3 is 2.54 bits per heavy atom. The van der Waals surface area contributed by atoms with Gasteiger partial charge in [-0.15, -0.1) is 0 Å². The molecule has 2 unspecified atom stereocenters. The summed E-state index contributed by atoms with van der Waals surface area (Å²) in [5.41, 5.74) is 3.05. The smallest absolute Gasteiger partial charge is 0.248 e. The molecule has 4 nitrogen and oxygen atoms in total. The van der Waals surface area contributed by atoms with Crippen molar-refractivity contribution in [2.75, 3.05) is 0 Å². The molecule has 5 rings (SSSR count). The van der Waals surface area contributed by atoms with Crippen LogP contribution < -0.4 is 4.74 Å². The van der Waals surface area contributed by atoms with E-state index in [1.807, 2.05) is 6.92 Å². The van der Waals surface area contributed by atoms with Gasteiger partial charge in [-0.1, -0.05) is 17.7 Å². The van der Waals surface area contributed by atoms with Gasteiger partial charge in [-0.2, -0.15) is 5.26 Å². The van der Waals surface area contributed by atoms with Crippen LogP contribution in [-0.4, -0.2) is 21.6 Å². The number of halogens is 5. The molecule has 0 radical (unpaired) electrons. The fraction of sp³-hybridized carbons (Fsp3) is 0.333. The largest absolute Gasteiger partial charge is 0.488 e. The minimum Gasteiger partial charge on any atom is -0.488 e. The zero-order valence-electron chi connectivity index (χ0n) is 21.4. The van der Waals surface area contributed by atoms with Gasteiger partial charge in [0.2, 0.25) is 5.92 Å². The summed E-state index contributed by atoms with van der Waals surface area (Å²) in [5.74, 6) is -4.61. The van der Waals surface area contributed by atoms with Crippen molar-refractivity contribution in [3.63, 3.8) is 0 Å². The van der Waals surface area contributed by atoms with Crippen LogP contribution in [0.1, 0.15) is 42.4 Å². The van der Waals surface area contributed by atoms with Crippen molar-refractivity contribution in [1.82, 2.24) is 9.55 Å². The van der Waals surface area contributed by atoms with Crippen LogP contribution in [0.3, 0.4) is 0 Å². The van der Waals surface area contributed by atoms with Crippen molar-refractivity contribution < 1.29 is 22.3 Å². The maximum Gasteiger partial charge on any atom is 0.248 e. The third-order valence-corrected chi connectivity index (χ3v) is 7.73. The number of aromatic nitrogens is 2. The molecule has 9 heteroatoms. The second-order valence-corrected chi connectivity index (χ2v) is 10.6. The van der Waals surface area contributed by atoms with Crippen LogP contribution in [0, 0.1) is 42.7 Å². The second kappa shape index (κ2) is 10.5. The number of fused-ring (bicyclic) bond motifs is 1. The summed E-state index contributed by atoms with van der Waals surface area (Å²) in [6.07, 6.45) is -0.461. The van der Waals surface area contributed by atoms with Gasteiger partial charge in [0.25, 0.3) is 0 Å². The Balaban J connectivity index is 1.64. The maximum absolute atomic E-state index is 14.6. The van der Waals surface area contributed by atoms with Crippen molar-refractivity contribution in [2.45, 2.75) is 58.1 Å². The number of nitriles is 1. The number of hydrogen-bond donors (Lipinski definition) is 0. The lowest BCUT2D eigenvalue weighted by atomic mass is 9.82. The molecule has 0 bridgehead atoms. The highest BCUT2D eigenvalue weighted by atomic mass is 35.5. The highest BCUT2D eigenvalue weighted by Gasteiger charge is 2.41. The Morgan fingerprint density at radius 1 is 1.13 bits per heavy atom. The summed E-state index contributed by atoms with van der Waals surface area (Å²) in [6, 6.07) is 14.6. The van der Waals surface area contributed by atoms with Gasteiger partial charge in [0.15, 0.2) is 11.6 Å². The SMILES string of the molecule is Cc1ccc(OC(Cn2c(-c3ccc(Cl)cc3)nc3cc(F)c(F)cc32)C2CCCC(F)(F)C2)c(C)c1C#N. The van der Waals surface area contributed by atoms with E-state index in [1.54, 1.807) is 47.9 Å². The van der Waals surface area contributed by atoms with E-state index in [0.717, 1.165) is 17.7 Å². The van der Waals surface area contributed by atoms with Gasteiger partial charge in [0.1, 0.15) is 17.7 Å². The fourth-order valence-electron chi connectivity index (χ4n) is 5.41. The minimum atomic E-state index is -2.84. The molecular weight excluding hydrogens is 530 g/mol. The van der Waals surface area contributed by atoms with Gasteiger partial charge in [-0.3, -0.25) is 0 Å². The van der Waals surface area contributed by atoms with Crippen molar-refractivity contribution in [1.29, 1.82) is 5.26 Å². The molecule has 1 saturated carbocycles. The average molecular weight is 556 g/mol. The quantitative estimate of drug-likeness (QED) is 0.224. The lowest BCUT2D eigenvalue weighted by Gasteiger charge is -2.35. The van der Waals surface area contributed by atoms with Crippen molar-refractivity contribution in [3.05, 3.63) is 81.9 Å². The molecule has 1 aromatic heterocycles. The van der Waals surface area contributed by atoms with Crippen molar-refractivity contribution in [3.8, 4) is 23.2 Å². The van der Waals surface area contributed by atoms with Crippen molar-refractivity contribution >= 4 is 22.6 Å². The van der Waals surface area contributed by atoms with E-state index in [1.165, 1.54) is 0 Å². The summed E-state index contributed by atoms with van der Waals surface area (Å²) in [6.45, 7) is 3.63. The number of benzene rings is 3. The standard InChI is InChI=1S/C30H26ClF4N3O/c1-17-5-10-27(18(2)22(17)15-36)39-28(20-4-3-11-30(34,35)14-20)16-38-26-13-24(33)23(32)12-25(26)37-29(38)19-6-8-21(31)9-7-19/h5-10,12-13,20,28H,3-4,11,14,16H2,1-2H3. The Kier molecular flexibility index (Phi) is 7.30. The average Bonchev–Trinajstić information content (AvgIpc) is 3.22. The van der Waals surface area contributed by atoms with Gasteiger partial charge in [0.05, 0.1) is 29.2 Å². The highest BCUT2D eigenvalue weighted by Crippen LogP contribution is 2.41. The Bertz CT molecular complexity index is 1580. The first-order valence-corrected chi connectivity index (χ1v) is 13.1. The Hall–Kier alpha value is -3.57. The summed E-state index contributed by atoms with van der Waals surface area (Å²) in [5, 5.41) is 10.1. The molecule has 1 heterocycles. The first-order valence-electron chi connectivity index (χ1n) is 12.7. The molecule has 0 amide bonds. The van der Waals surface area contributed by atoms with Gasteiger partial charge in [-0.05, 0) is 62.6 Å². The fourth-order valence-corrected chi connectivity index (χ4v) is 5.53. The van der Waals surface area contributed by atoms with Crippen LogP contribution in [0.2, 0.25) is 5.02 Å². The molecule has 1 aliphatic rings. The number of ether oxygens (including phenoxy) is 1. The first kappa shape index (κ1) is 27.0. The normalized spacial score (nSPS) is 17.6. The van der Waals surface area contributed by atoms with E-state index in [9.17, 15) is 22.8 Å². The van der Waals surface area contributed by atoms with Crippen LogP contribution in [0.25, 0.3) is 22.4 Å². The molecule has 39 heavy (non-hydrogen) atoms. The van der Waals surface area contributed by atoms with E-state index in [-0.39, 0.29) is 24.9 Å². The zero-order valence-corrected chi connectivity index (χ0v) is 22.2. The monoisotopic (exact) mass is 555 g/mol. The molecule has 202 valence electrons. The third-order valence-electron chi connectivity index (χ3n) is 7.47. The van der Waals surface area contributed by atoms with Crippen LogP contribution in [0.4, 0.5) is 17.6 Å². The maximum atomic E-state index is 14.6. The van der Waals surface area contributed by atoms with Gasteiger partial charge >= 0.3 is 0 Å². The predicted molar refractivity (Wildman–Crippen MR) is 142 cm³/mol. The lowest BCUT2D eigenvalue weighted by Crippen LogP contribution is -2.38. The Morgan fingerprint density at radius 2 is 1.85 bits per heavy atom. The topological polar surface area (TPSA) is 50.8 Å². The number of imidazole rings is 1. The molecule has 2 atom stereocenters. The lowest BCUT2D eigenvalue weighted by molar-refractivity contribution is -0.0733. The molecule has 1 aliphatic carbocycles. The van der Waals surface area contributed by atoms with Gasteiger partial charge in [0, 0.05) is 47.0 Å². The molecule has 0 N–H and O–H groups in total. The number of alkyl halides is 2. The van der Waals surface area contributed by atoms with Crippen LogP contribution in [0.15, 0.2) is 48.5 Å². The number of aryl methyl sites for hydroxylation is 1. The zero-order chi connectivity index (χ0) is 27.9. The van der Waals surface area contributed by atoms with E-state index < -0.39 is 29.6 Å². The molecule has 3 aromatic carbocycles. The number of hydrogen-bond acceptors (Lipinski definition) is 3. The predicted octanol–water partition coefficient (Wildman–Crippen LogP) is 8.40. The van der Waals surface area contributed by atoms with Crippen LogP contribution >= 0.6 is 11.6 Å². The van der Waals surface area contributed by atoms with E-state index in [2.05, 4.69) is 11.1 Å². The third kappa shape index (κ3) is 5.46. The van der Waals surface area contributed by atoms with Gasteiger partial charge in [-0.25, -0.2) is 22.5 Å². The van der Waals surface area contributed by atoms with E-state index >= 15 is 0 Å². The molecule has 0 saturated heterocycles. The van der Waals surface area contributed by atoms with Crippen LogP contribution in [-0.2, 0) is 6.54 Å². The summed E-state index contributed by atoms with van der Waals surface area (Å²) < 4.78 is 65.9. The first-order chi connectivity index (χ1) is 18.6.